The van der Waals surface area contributed by atoms with Crippen LogP contribution in [0.1, 0.15) is 61.3 Å². The van der Waals surface area contributed by atoms with E-state index in [2.05, 4.69) is 52.1 Å². The first-order valence-electron chi connectivity index (χ1n) is 9.98. The number of aryl methyl sites for hydroxylation is 1. The summed E-state index contributed by atoms with van der Waals surface area (Å²) in [5, 5.41) is 3.27. The number of rotatable bonds is 5. The highest BCUT2D eigenvalue weighted by Gasteiger charge is 2.23. The molecule has 1 atom stereocenters. The van der Waals surface area contributed by atoms with Crippen LogP contribution in [-0.2, 0) is 4.79 Å². The molecule has 1 aliphatic rings. The van der Waals surface area contributed by atoms with Crippen molar-refractivity contribution in [3.05, 3.63) is 71.7 Å². The number of hydrogen-bond donors (Lipinski definition) is 1. The summed E-state index contributed by atoms with van der Waals surface area (Å²) in [4.78, 5) is 17.4. The molecule has 4 nitrogen and oxygen atoms in total. The maximum absolute atomic E-state index is 12.8. The molecular formula is C23H27N3O. The molecule has 4 heteroatoms. The summed E-state index contributed by atoms with van der Waals surface area (Å²) in [6.07, 6.45) is 10.4. The number of carbonyl (C=O) groups is 1. The Kier molecular flexibility index (Phi) is 5.23. The lowest BCUT2D eigenvalue weighted by atomic mass is 9.91. The normalized spacial score (nSPS) is 16.3. The van der Waals surface area contributed by atoms with Crippen molar-refractivity contribution >= 4 is 11.6 Å². The van der Waals surface area contributed by atoms with Crippen LogP contribution in [-0.4, -0.2) is 21.3 Å². The van der Waals surface area contributed by atoms with E-state index in [0.717, 1.165) is 29.7 Å². The smallest absolute Gasteiger partial charge is 0.221 e. The zero-order valence-electron chi connectivity index (χ0n) is 15.9. The number of benzene rings is 1. The Morgan fingerprint density at radius 3 is 2.74 bits per heavy atom. The summed E-state index contributed by atoms with van der Waals surface area (Å²) in [7, 11) is 0. The van der Waals surface area contributed by atoms with Gasteiger partial charge in [-0.15, -0.1) is 0 Å². The Morgan fingerprint density at radius 1 is 1.19 bits per heavy atom. The number of hydrogen-bond acceptors (Lipinski definition) is 2. The third-order valence-corrected chi connectivity index (χ3v) is 5.62. The second kappa shape index (κ2) is 7.95. The van der Waals surface area contributed by atoms with Crippen LogP contribution in [0, 0.1) is 6.92 Å². The molecule has 1 saturated carbocycles. The van der Waals surface area contributed by atoms with Crippen molar-refractivity contribution < 1.29 is 4.79 Å². The molecule has 0 bridgehead atoms. The Morgan fingerprint density at radius 2 is 1.96 bits per heavy atom. The van der Waals surface area contributed by atoms with Gasteiger partial charge in [0.25, 0.3) is 0 Å². The maximum atomic E-state index is 12.8. The van der Waals surface area contributed by atoms with Crippen molar-refractivity contribution in [3.63, 3.8) is 0 Å². The Labute approximate surface area is 160 Å². The Balaban J connectivity index is 1.62. The molecule has 1 N–H and O–H groups in total. The molecule has 0 saturated heterocycles. The Hall–Kier alpha value is -2.62. The third kappa shape index (κ3) is 4.05. The molecule has 1 aromatic carbocycles. The monoisotopic (exact) mass is 361 g/mol. The van der Waals surface area contributed by atoms with E-state index < -0.39 is 0 Å². The van der Waals surface area contributed by atoms with Crippen molar-refractivity contribution in [1.82, 2.24) is 14.7 Å². The van der Waals surface area contributed by atoms with Gasteiger partial charge in [0.15, 0.2) is 0 Å². The van der Waals surface area contributed by atoms with Gasteiger partial charge in [-0.3, -0.25) is 4.79 Å². The van der Waals surface area contributed by atoms with Crippen LogP contribution in [0.25, 0.3) is 5.65 Å². The average molecular weight is 361 g/mol. The molecule has 27 heavy (non-hydrogen) atoms. The molecule has 1 fully saturated rings. The summed E-state index contributed by atoms with van der Waals surface area (Å²) in [6, 6.07) is 14.8. The van der Waals surface area contributed by atoms with Crippen LogP contribution in [0.4, 0.5) is 0 Å². The lowest BCUT2D eigenvalue weighted by Crippen LogP contribution is -2.37. The van der Waals surface area contributed by atoms with Crippen LogP contribution < -0.4 is 5.32 Å². The summed E-state index contributed by atoms with van der Waals surface area (Å²) < 4.78 is 2.11. The first-order chi connectivity index (χ1) is 13.2. The minimum Gasteiger partial charge on any atom is -0.353 e. The van der Waals surface area contributed by atoms with E-state index >= 15 is 0 Å². The van der Waals surface area contributed by atoms with Gasteiger partial charge in [-0.05, 0) is 43.0 Å². The highest BCUT2D eigenvalue weighted by molar-refractivity contribution is 5.78. The number of pyridine rings is 1. The summed E-state index contributed by atoms with van der Waals surface area (Å²) in [6.45, 7) is 2.07. The second-order valence-electron chi connectivity index (χ2n) is 7.69. The zero-order chi connectivity index (χ0) is 18.6. The van der Waals surface area contributed by atoms with E-state index in [-0.39, 0.29) is 11.8 Å². The predicted molar refractivity (Wildman–Crippen MR) is 108 cm³/mol. The zero-order valence-corrected chi connectivity index (χ0v) is 15.9. The second-order valence-corrected chi connectivity index (χ2v) is 7.69. The van der Waals surface area contributed by atoms with Crippen LogP contribution in [0.5, 0.6) is 0 Å². The number of aromatic nitrogens is 2. The number of imidazole rings is 1. The lowest BCUT2D eigenvalue weighted by Gasteiger charge is -2.24. The van der Waals surface area contributed by atoms with Crippen molar-refractivity contribution in [2.24, 2.45) is 0 Å². The molecule has 140 valence electrons. The van der Waals surface area contributed by atoms with Gasteiger partial charge < -0.3 is 9.72 Å². The third-order valence-electron chi connectivity index (χ3n) is 5.62. The number of nitrogens with zero attached hydrogens (tertiary/aromatic N) is 2. The fourth-order valence-electron chi connectivity index (χ4n) is 4.16. The molecular weight excluding hydrogens is 334 g/mol. The summed E-state index contributed by atoms with van der Waals surface area (Å²) >= 11 is 0. The molecule has 0 spiro atoms. The fraction of sp³-hybridized carbons (Fsp3) is 0.391. The van der Waals surface area contributed by atoms with Gasteiger partial charge in [0, 0.05) is 30.8 Å². The van der Waals surface area contributed by atoms with E-state index in [1.54, 1.807) is 0 Å². The molecule has 2 aromatic heterocycles. The van der Waals surface area contributed by atoms with Gasteiger partial charge in [0.2, 0.25) is 5.91 Å². The Bertz CT molecular complexity index is 910. The molecule has 4 rings (SSSR count). The van der Waals surface area contributed by atoms with Gasteiger partial charge in [-0.2, -0.15) is 0 Å². The van der Waals surface area contributed by atoms with Crippen molar-refractivity contribution in [1.29, 1.82) is 0 Å². The van der Waals surface area contributed by atoms with Crippen LogP contribution in [0.15, 0.2) is 54.9 Å². The molecule has 1 unspecified atom stereocenters. The molecule has 3 aromatic rings. The summed E-state index contributed by atoms with van der Waals surface area (Å²) in [5.74, 6) is 0.130. The van der Waals surface area contributed by atoms with E-state index in [1.165, 1.54) is 24.8 Å². The van der Waals surface area contributed by atoms with Crippen LogP contribution in [0.3, 0.4) is 0 Å². The average Bonchev–Trinajstić information content (AvgIpc) is 3.10. The van der Waals surface area contributed by atoms with Crippen molar-refractivity contribution in [2.45, 2.75) is 57.4 Å². The van der Waals surface area contributed by atoms with Gasteiger partial charge in [0.1, 0.15) is 5.65 Å². The molecule has 2 heterocycles. The van der Waals surface area contributed by atoms with E-state index in [0.29, 0.717) is 12.5 Å². The van der Waals surface area contributed by atoms with Crippen molar-refractivity contribution in [2.75, 3.05) is 0 Å². The topological polar surface area (TPSA) is 46.4 Å². The first-order valence-corrected chi connectivity index (χ1v) is 9.98. The van der Waals surface area contributed by atoms with Gasteiger partial charge in [-0.25, -0.2) is 4.98 Å². The van der Waals surface area contributed by atoms with Gasteiger partial charge in [0.05, 0.1) is 5.69 Å². The number of amides is 1. The SMILES string of the molecule is Cc1ccn2c(C(CC(=O)NC3CCCCC3)c3ccccc3)cnc2c1. The van der Waals surface area contributed by atoms with Crippen LogP contribution >= 0.6 is 0 Å². The highest BCUT2D eigenvalue weighted by Crippen LogP contribution is 2.29. The predicted octanol–water partition coefficient (Wildman–Crippen LogP) is 4.61. The highest BCUT2D eigenvalue weighted by atomic mass is 16.1. The van der Waals surface area contributed by atoms with Gasteiger partial charge in [-0.1, -0.05) is 49.6 Å². The largest absolute Gasteiger partial charge is 0.353 e. The molecule has 1 amide bonds. The minimum absolute atomic E-state index is 0.00695. The van der Waals surface area contributed by atoms with E-state index in [9.17, 15) is 4.79 Å². The van der Waals surface area contributed by atoms with E-state index in [4.69, 9.17) is 0 Å². The van der Waals surface area contributed by atoms with Crippen molar-refractivity contribution in [3.8, 4) is 0 Å². The van der Waals surface area contributed by atoms with Gasteiger partial charge >= 0.3 is 0 Å². The minimum atomic E-state index is -0.00695. The fourth-order valence-corrected chi connectivity index (χ4v) is 4.16. The van der Waals surface area contributed by atoms with E-state index in [1.807, 2.05) is 24.4 Å². The molecule has 0 aliphatic heterocycles. The standard InChI is InChI=1S/C23H27N3O/c1-17-12-13-26-21(16-24-22(26)14-17)20(18-8-4-2-5-9-18)15-23(27)25-19-10-6-3-7-11-19/h2,4-5,8-9,12-14,16,19-20H,3,6-7,10-11,15H2,1H3,(H,25,27). The quantitative estimate of drug-likeness (QED) is 0.721. The number of fused-ring (bicyclic) bond motifs is 1. The van der Waals surface area contributed by atoms with Crippen LogP contribution in [0.2, 0.25) is 0 Å². The lowest BCUT2D eigenvalue weighted by molar-refractivity contribution is -0.122. The number of nitrogens with one attached hydrogen (secondary N) is 1. The first kappa shape index (κ1) is 17.8. The number of carbonyl (C=O) groups excluding carboxylic acids is 1. The molecule has 1 aliphatic carbocycles. The maximum Gasteiger partial charge on any atom is 0.221 e. The molecule has 0 radical (unpaired) electrons. The summed E-state index contributed by atoms with van der Waals surface area (Å²) in [5.41, 5.74) is 4.33.